The first kappa shape index (κ1) is 50.8. The van der Waals surface area contributed by atoms with Crippen LogP contribution in [0, 0.1) is 0 Å². The third-order valence-electron chi connectivity index (χ3n) is 8.84. The van der Waals surface area contributed by atoms with E-state index in [0.29, 0.717) is 12.8 Å². The summed E-state index contributed by atoms with van der Waals surface area (Å²) in [6, 6.07) is -0.737. The number of carbonyl (C=O) groups excluding carboxylic acids is 3. The van der Waals surface area contributed by atoms with E-state index in [4.69, 9.17) is 14.2 Å². The zero-order valence-corrected chi connectivity index (χ0v) is 34.9. The first-order chi connectivity index (χ1) is 26.1. The summed E-state index contributed by atoms with van der Waals surface area (Å²) in [7, 11) is 5.37. The number of esters is 2. The molecule has 308 valence electrons. The fourth-order valence-electron chi connectivity index (χ4n) is 5.64. The average Bonchev–Trinajstić information content (AvgIpc) is 3.12. The molecule has 0 aromatic heterocycles. The van der Waals surface area contributed by atoms with Gasteiger partial charge in [0, 0.05) is 19.3 Å². The highest BCUT2D eigenvalue weighted by atomic mass is 16.6. The van der Waals surface area contributed by atoms with Gasteiger partial charge in [-0.25, -0.2) is 0 Å². The number of likely N-dealkylation sites (N-methyl/N-ethyl adjacent to an activating group) is 1. The normalized spacial score (nSPS) is 13.7. The lowest BCUT2D eigenvalue weighted by atomic mass is 10.1. The van der Waals surface area contributed by atoms with Gasteiger partial charge in [0.2, 0.25) is 0 Å². The molecule has 8 nitrogen and oxygen atoms in total. The van der Waals surface area contributed by atoms with Crippen molar-refractivity contribution in [2.45, 2.75) is 161 Å². The van der Waals surface area contributed by atoms with E-state index in [0.717, 1.165) is 70.6 Å². The molecule has 0 aromatic rings. The number of carboxylic acid groups (broad SMARTS) is 1. The fourth-order valence-corrected chi connectivity index (χ4v) is 5.64. The minimum atomic E-state index is -1.14. The molecule has 0 saturated carbocycles. The van der Waals surface area contributed by atoms with E-state index in [1.54, 1.807) is 21.1 Å². The van der Waals surface area contributed by atoms with E-state index in [2.05, 4.69) is 86.8 Å². The Morgan fingerprint density at radius 1 is 0.556 bits per heavy atom. The molecule has 54 heavy (non-hydrogen) atoms. The lowest BCUT2D eigenvalue weighted by Gasteiger charge is -2.34. The van der Waals surface area contributed by atoms with Gasteiger partial charge in [-0.3, -0.25) is 9.59 Å². The van der Waals surface area contributed by atoms with Crippen molar-refractivity contribution in [2.75, 3.05) is 41.0 Å². The second-order valence-electron chi connectivity index (χ2n) is 14.8. The number of hydrogen-bond acceptors (Lipinski definition) is 7. The summed E-state index contributed by atoms with van der Waals surface area (Å²) >= 11 is 0. The smallest absolute Gasteiger partial charge is 0.306 e. The van der Waals surface area contributed by atoms with Crippen molar-refractivity contribution in [3.05, 3.63) is 72.9 Å². The molecule has 0 heterocycles. The number of quaternary nitrogens is 1. The standard InChI is InChI=1S/C46H77NO7/c1-6-8-10-12-14-16-18-19-20-21-22-23-24-25-27-28-30-32-34-36-44(48)53-41-42(40-52-39-38-43(46(50)51)47(3,4)5)54-45(49)37-35-33-31-29-26-17-15-13-11-9-7-2/h8-11,14-17,19-20,29,31,42-43H,6-7,12-13,18,21-28,30,32-41H2,1-5H3/b10-8+,11-9+,16-14+,17-15+,20-19+,31-29+. The largest absolute Gasteiger partial charge is 0.544 e. The monoisotopic (exact) mass is 756 g/mol. The highest BCUT2D eigenvalue weighted by Crippen LogP contribution is 2.13. The number of allylic oxidation sites excluding steroid dienone is 12. The molecule has 0 saturated heterocycles. The number of unbranched alkanes of at least 4 members (excludes halogenated alkanes) is 10. The molecule has 0 bridgehead atoms. The summed E-state index contributed by atoms with van der Waals surface area (Å²) < 4.78 is 17.1. The van der Waals surface area contributed by atoms with Crippen LogP contribution in [0.5, 0.6) is 0 Å². The fraction of sp³-hybridized carbons (Fsp3) is 0.674. The van der Waals surface area contributed by atoms with Crippen LogP contribution in [-0.4, -0.2) is 75.5 Å². The number of carboxylic acids is 1. The Bertz CT molecular complexity index is 1110. The Balaban J connectivity index is 4.36. The van der Waals surface area contributed by atoms with Crippen LogP contribution in [0.15, 0.2) is 72.9 Å². The quantitative estimate of drug-likeness (QED) is 0.0272. The van der Waals surface area contributed by atoms with E-state index in [9.17, 15) is 19.5 Å². The van der Waals surface area contributed by atoms with E-state index in [-0.39, 0.29) is 49.1 Å². The average molecular weight is 756 g/mol. The van der Waals surface area contributed by atoms with Crippen molar-refractivity contribution in [3.63, 3.8) is 0 Å². The Morgan fingerprint density at radius 3 is 1.50 bits per heavy atom. The molecular formula is C46H77NO7. The van der Waals surface area contributed by atoms with E-state index >= 15 is 0 Å². The molecule has 0 aromatic carbocycles. The first-order valence-corrected chi connectivity index (χ1v) is 21.0. The van der Waals surface area contributed by atoms with Crippen molar-refractivity contribution in [1.82, 2.24) is 0 Å². The van der Waals surface area contributed by atoms with E-state index in [1.807, 2.05) is 0 Å². The minimum Gasteiger partial charge on any atom is -0.544 e. The molecule has 0 fully saturated rings. The van der Waals surface area contributed by atoms with Crippen LogP contribution >= 0.6 is 0 Å². The van der Waals surface area contributed by atoms with Crippen LogP contribution in [-0.2, 0) is 28.6 Å². The lowest BCUT2D eigenvalue weighted by Crippen LogP contribution is -2.55. The zero-order chi connectivity index (χ0) is 40.0. The van der Waals surface area contributed by atoms with Crippen molar-refractivity contribution in [3.8, 4) is 0 Å². The summed E-state index contributed by atoms with van der Waals surface area (Å²) in [5.41, 5.74) is 0. The number of nitrogens with zero attached hydrogens (tertiary/aromatic N) is 1. The zero-order valence-electron chi connectivity index (χ0n) is 34.9. The number of ether oxygens (including phenoxy) is 3. The van der Waals surface area contributed by atoms with E-state index < -0.39 is 18.1 Å². The van der Waals surface area contributed by atoms with Crippen LogP contribution in [0.4, 0.5) is 0 Å². The van der Waals surface area contributed by atoms with Crippen molar-refractivity contribution in [1.29, 1.82) is 0 Å². The lowest BCUT2D eigenvalue weighted by molar-refractivity contribution is -0.889. The Morgan fingerprint density at radius 2 is 1.00 bits per heavy atom. The molecule has 0 radical (unpaired) electrons. The maximum Gasteiger partial charge on any atom is 0.306 e. The van der Waals surface area contributed by atoms with Gasteiger partial charge in [0.15, 0.2) is 6.10 Å². The summed E-state index contributed by atoms with van der Waals surface area (Å²) in [6.07, 6.45) is 45.1. The van der Waals surface area contributed by atoms with Crippen molar-refractivity contribution < 1.29 is 38.2 Å². The number of carbonyl (C=O) groups is 3. The number of aliphatic carboxylic acids is 1. The number of hydrogen-bond donors (Lipinski definition) is 0. The van der Waals surface area contributed by atoms with Gasteiger partial charge in [-0.15, -0.1) is 0 Å². The molecule has 2 atom stereocenters. The number of rotatable bonds is 36. The molecule has 0 aliphatic carbocycles. The second kappa shape index (κ2) is 36.7. The Hall–Kier alpha value is -3.23. The Kier molecular flexibility index (Phi) is 34.5. The van der Waals surface area contributed by atoms with Gasteiger partial charge in [-0.05, 0) is 70.6 Å². The summed E-state index contributed by atoms with van der Waals surface area (Å²) in [5.74, 6) is -1.82. The topological polar surface area (TPSA) is 102 Å². The van der Waals surface area contributed by atoms with E-state index in [1.165, 1.54) is 38.5 Å². The van der Waals surface area contributed by atoms with Gasteiger partial charge in [0.1, 0.15) is 12.6 Å². The third kappa shape index (κ3) is 34.5. The highest BCUT2D eigenvalue weighted by molar-refractivity contribution is 5.70. The summed E-state index contributed by atoms with van der Waals surface area (Å²) in [4.78, 5) is 36.7. The van der Waals surface area contributed by atoms with Crippen LogP contribution in [0.1, 0.15) is 149 Å². The van der Waals surface area contributed by atoms with Gasteiger partial charge in [0.25, 0.3) is 0 Å². The molecule has 0 aliphatic heterocycles. The Labute approximate surface area is 330 Å². The predicted octanol–water partition coefficient (Wildman–Crippen LogP) is 9.85. The van der Waals surface area contributed by atoms with Gasteiger partial charge in [-0.1, -0.05) is 132 Å². The van der Waals surface area contributed by atoms with Gasteiger partial charge >= 0.3 is 11.9 Å². The second-order valence-corrected chi connectivity index (χ2v) is 14.8. The van der Waals surface area contributed by atoms with Crippen LogP contribution in [0.25, 0.3) is 0 Å². The molecule has 2 unspecified atom stereocenters. The van der Waals surface area contributed by atoms with Gasteiger partial charge in [-0.2, -0.15) is 0 Å². The molecule has 0 rings (SSSR count). The molecule has 0 spiro atoms. The van der Waals surface area contributed by atoms with Crippen molar-refractivity contribution in [2.24, 2.45) is 0 Å². The van der Waals surface area contributed by atoms with Gasteiger partial charge < -0.3 is 28.6 Å². The first-order valence-electron chi connectivity index (χ1n) is 21.0. The van der Waals surface area contributed by atoms with Crippen LogP contribution < -0.4 is 5.11 Å². The molecule has 0 N–H and O–H groups in total. The maximum atomic E-state index is 12.6. The molecule has 0 aliphatic rings. The maximum absolute atomic E-state index is 12.6. The molecule has 8 heteroatoms. The van der Waals surface area contributed by atoms with Crippen LogP contribution in [0.2, 0.25) is 0 Å². The highest BCUT2D eigenvalue weighted by Gasteiger charge is 2.25. The third-order valence-corrected chi connectivity index (χ3v) is 8.84. The van der Waals surface area contributed by atoms with Crippen molar-refractivity contribution >= 4 is 17.9 Å². The summed E-state index contributed by atoms with van der Waals surface area (Å²) in [5, 5.41) is 11.6. The van der Waals surface area contributed by atoms with Crippen LogP contribution in [0.3, 0.4) is 0 Å². The predicted molar refractivity (Wildman–Crippen MR) is 222 cm³/mol. The SMILES string of the molecule is CC/C=C/C/C=C/C/C=C/CCCCCCCCCCCC(=O)OCC(COCCC(C(=O)[O-])[N+](C)(C)C)OC(=O)CCC/C=C/C/C=C/C/C=C/CC. The minimum absolute atomic E-state index is 0.0152. The molecular weight excluding hydrogens is 679 g/mol. The molecule has 0 amide bonds. The van der Waals surface area contributed by atoms with Gasteiger partial charge in [0.05, 0.1) is 40.3 Å². The summed E-state index contributed by atoms with van der Waals surface area (Å²) in [6.45, 7) is 4.35.